The van der Waals surface area contributed by atoms with E-state index in [2.05, 4.69) is 109 Å². The number of rotatable bonds is 3. The standard InChI is InChI=1S/C35H21N3/c1-2-9-26(10-3-1)33-36-34(29-15-7-11-22-8-4-5-14-27(22)29)38-35(37-33)30-21-19-25-17-16-23-12-6-13-24-18-20-28(30)32(25)31(23)24/h1-21H. The highest BCUT2D eigenvalue weighted by Gasteiger charge is 2.17. The summed E-state index contributed by atoms with van der Waals surface area (Å²) in [6.07, 6.45) is 0. The smallest absolute Gasteiger partial charge is 0.164 e. The first-order valence-corrected chi connectivity index (χ1v) is 12.8. The molecule has 0 radical (unpaired) electrons. The van der Waals surface area contributed by atoms with E-state index in [1.807, 2.05) is 18.2 Å². The Hall–Kier alpha value is -5.15. The Balaban J connectivity index is 1.45. The van der Waals surface area contributed by atoms with E-state index in [0.717, 1.165) is 32.8 Å². The molecule has 8 aromatic rings. The van der Waals surface area contributed by atoms with Gasteiger partial charge in [0.2, 0.25) is 0 Å². The van der Waals surface area contributed by atoms with E-state index in [4.69, 9.17) is 15.0 Å². The number of hydrogen-bond donors (Lipinski definition) is 0. The van der Waals surface area contributed by atoms with Crippen LogP contribution in [0.3, 0.4) is 0 Å². The fraction of sp³-hybridized carbons (Fsp3) is 0. The molecule has 0 aliphatic carbocycles. The monoisotopic (exact) mass is 483 g/mol. The zero-order valence-corrected chi connectivity index (χ0v) is 20.5. The molecule has 0 aliphatic rings. The molecule has 0 spiro atoms. The Morgan fingerprint density at radius 3 is 1.68 bits per heavy atom. The lowest BCUT2D eigenvalue weighted by Gasteiger charge is -2.14. The number of nitrogens with zero attached hydrogens (tertiary/aromatic N) is 3. The van der Waals surface area contributed by atoms with Crippen LogP contribution in [0.25, 0.3) is 77.3 Å². The minimum Gasteiger partial charge on any atom is -0.208 e. The molecule has 0 fully saturated rings. The predicted octanol–water partition coefficient (Wildman–Crippen LogP) is 8.92. The average molecular weight is 484 g/mol. The molecule has 0 atom stereocenters. The van der Waals surface area contributed by atoms with Gasteiger partial charge in [-0.3, -0.25) is 0 Å². The maximum atomic E-state index is 5.11. The van der Waals surface area contributed by atoms with Crippen LogP contribution in [0.5, 0.6) is 0 Å². The minimum absolute atomic E-state index is 0.671. The molecule has 7 aromatic carbocycles. The summed E-state index contributed by atoms with van der Waals surface area (Å²) in [5.41, 5.74) is 2.98. The third kappa shape index (κ3) is 3.19. The summed E-state index contributed by atoms with van der Waals surface area (Å²) in [7, 11) is 0. The van der Waals surface area contributed by atoms with Gasteiger partial charge in [-0.1, -0.05) is 121 Å². The van der Waals surface area contributed by atoms with Crippen molar-refractivity contribution < 1.29 is 0 Å². The minimum atomic E-state index is 0.671. The highest BCUT2D eigenvalue weighted by molar-refractivity contribution is 6.25. The first-order chi connectivity index (χ1) is 18.8. The molecule has 1 heterocycles. The maximum Gasteiger partial charge on any atom is 0.164 e. The van der Waals surface area contributed by atoms with Crippen molar-refractivity contribution in [3.8, 4) is 34.2 Å². The van der Waals surface area contributed by atoms with Crippen LogP contribution < -0.4 is 0 Å². The lowest BCUT2D eigenvalue weighted by Crippen LogP contribution is -2.01. The lowest BCUT2D eigenvalue weighted by molar-refractivity contribution is 1.08. The molecule has 0 N–H and O–H groups in total. The van der Waals surface area contributed by atoms with Crippen LogP contribution in [0.1, 0.15) is 0 Å². The zero-order valence-electron chi connectivity index (χ0n) is 20.5. The topological polar surface area (TPSA) is 38.7 Å². The van der Waals surface area contributed by atoms with E-state index in [9.17, 15) is 0 Å². The first-order valence-electron chi connectivity index (χ1n) is 12.8. The van der Waals surface area contributed by atoms with Gasteiger partial charge in [0, 0.05) is 16.7 Å². The molecule has 0 aliphatic heterocycles. The van der Waals surface area contributed by atoms with Crippen LogP contribution in [0.15, 0.2) is 127 Å². The Morgan fingerprint density at radius 1 is 0.316 bits per heavy atom. The van der Waals surface area contributed by atoms with Crippen LogP contribution in [-0.4, -0.2) is 15.0 Å². The summed E-state index contributed by atoms with van der Waals surface area (Å²) >= 11 is 0. The summed E-state index contributed by atoms with van der Waals surface area (Å²) in [5, 5.41) is 9.70. The summed E-state index contributed by atoms with van der Waals surface area (Å²) in [5.74, 6) is 2.03. The Labute approximate surface area is 219 Å². The van der Waals surface area contributed by atoms with Gasteiger partial charge in [-0.15, -0.1) is 0 Å². The van der Waals surface area contributed by atoms with Crippen molar-refractivity contribution in [2.24, 2.45) is 0 Å². The number of fused-ring (bicyclic) bond motifs is 1. The average Bonchev–Trinajstić information content (AvgIpc) is 3.00. The molecular weight excluding hydrogens is 462 g/mol. The number of aromatic nitrogens is 3. The highest BCUT2D eigenvalue weighted by Crippen LogP contribution is 2.39. The van der Waals surface area contributed by atoms with Crippen molar-refractivity contribution in [2.75, 3.05) is 0 Å². The third-order valence-electron chi connectivity index (χ3n) is 7.47. The number of benzene rings is 7. The van der Waals surface area contributed by atoms with E-state index in [-0.39, 0.29) is 0 Å². The van der Waals surface area contributed by atoms with E-state index in [1.165, 1.54) is 26.9 Å². The number of hydrogen-bond acceptors (Lipinski definition) is 3. The Bertz CT molecular complexity index is 2110. The zero-order chi connectivity index (χ0) is 25.1. The van der Waals surface area contributed by atoms with Crippen LogP contribution >= 0.6 is 0 Å². The molecule has 176 valence electrons. The van der Waals surface area contributed by atoms with Crippen molar-refractivity contribution in [2.45, 2.75) is 0 Å². The van der Waals surface area contributed by atoms with E-state index in [0.29, 0.717) is 17.5 Å². The lowest BCUT2D eigenvalue weighted by atomic mass is 9.92. The van der Waals surface area contributed by atoms with Crippen LogP contribution in [0.4, 0.5) is 0 Å². The van der Waals surface area contributed by atoms with Crippen molar-refractivity contribution in [3.05, 3.63) is 127 Å². The second-order valence-corrected chi connectivity index (χ2v) is 9.67. The van der Waals surface area contributed by atoms with E-state index < -0.39 is 0 Å². The van der Waals surface area contributed by atoms with Gasteiger partial charge in [0.1, 0.15) is 0 Å². The van der Waals surface area contributed by atoms with E-state index in [1.54, 1.807) is 0 Å². The van der Waals surface area contributed by atoms with Gasteiger partial charge in [0.25, 0.3) is 0 Å². The largest absolute Gasteiger partial charge is 0.208 e. The molecule has 0 saturated heterocycles. The fourth-order valence-electron chi connectivity index (χ4n) is 5.68. The normalized spacial score (nSPS) is 11.7. The fourth-order valence-corrected chi connectivity index (χ4v) is 5.68. The van der Waals surface area contributed by atoms with Gasteiger partial charge in [0.05, 0.1) is 0 Å². The highest BCUT2D eigenvalue weighted by atomic mass is 15.0. The summed E-state index contributed by atoms with van der Waals surface area (Å²) in [4.78, 5) is 15.1. The Morgan fingerprint density at radius 2 is 0.868 bits per heavy atom. The van der Waals surface area contributed by atoms with Gasteiger partial charge in [-0.25, -0.2) is 15.0 Å². The van der Waals surface area contributed by atoms with Gasteiger partial charge in [0.15, 0.2) is 17.5 Å². The van der Waals surface area contributed by atoms with Gasteiger partial charge >= 0.3 is 0 Å². The molecule has 0 unspecified atom stereocenters. The summed E-state index contributed by atoms with van der Waals surface area (Å²) in [6, 6.07) is 44.5. The molecule has 3 nitrogen and oxygen atoms in total. The van der Waals surface area contributed by atoms with Crippen LogP contribution in [0.2, 0.25) is 0 Å². The second-order valence-electron chi connectivity index (χ2n) is 9.67. The summed E-state index contributed by atoms with van der Waals surface area (Å²) in [6.45, 7) is 0. The molecule has 38 heavy (non-hydrogen) atoms. The van der Waals surface area contributed by atoms with Crippen molar-refractivity contribution >= 4 is 43.1 Å². The van der Waals surface area contributed by atoms with Crippen molar-refractivity contribution in [1.82, 2.24) is 15.0 Å². The van der Waals surface area contributed by atoms with Crippen molar-refractivity contribution in [3.63, 3.8) is 0 Å². The molecule has 8 rings (SSSR count). The maximum absolute atomic E-state index is 5.11. The van der Waals surface area contributed by atoms with Gasteiger partial charge in [-0.05, 0) is 49.2 Å². The van der Waals surface area contributed by atoms with E-state index >= 15 is 0 Å². The SMILES string of the molecule is c1ccc(-c2nc(-c3cccc4ccccc34)nc(-c3ccc4ccc5cccc6ccc3c4c56)n2)cc1. The van der Waals surface area contributed by atoms with Crippen molar-refractivity contribution in [1.29, 1.82) is 0 Å². The molecule has 3 heteroatoms. The molecule has 0 bridgehead atoms. The van der Waals surface area contributed by atoms with Crippen LogP contribution in [0, 0.1) is 0 Å². The predicted molar refractivity (Wildman–Crippen MR) is 157 cm³/mol. The molecule has 0 amide bonds. The molecule has 0 saturated carbocycles. The second kappa shape index (κ2) is 8.19. The van der Waals surface area contributed by atoms with Gasteiger partial charge in [-0.2, -0.15) is 0 Å². The Kier molecular flexibility index (Phi) is 4.52. The van der Waals surface area contributed by atoms with Crippen LogP contribution in [-0.2, 0) is 0 Å². The molecular formula is C35H21N3. The first kappa shape index (κ1) is 21.0. The van der Waals surface area contributed by atoms with Gasteiger partial charge < -0.3 is 0 Å². The summed E-state index contributed by atoms with van der Waals surface area (Å²) < 4.78 is 0. The molecule has 1 aromatic heterocycles. The quantitative estimate of drug-likeness (QED) is 0.235. The third-order valence-corrected chi connectivity index (χ3v) is 7.47.